The van der Waals surface area contributed by atoms with Crippen molar-refractivity contribution in [3.8, 4) is 0 Å². The summed E-state index contributed by atoms with van der Waals surface area (Å²) in [5.41, 5.74) is 1.64. The molecule has 0 aliphatic rings. The van der Waals surface area contributed by atoms with Crippen LogP contribution in [0.15, 0.2) is 36.9 Å². The number of hydrogen-bond donors (Lipinski definition) is 1. The molecule has 0 aliphatic carbocycles. The molecule has 2 heterocycles. The fraction of sp³-hybridized carbons (Fsp3) is 0.231. The SMILES string of the molecule is CC(Cn1ccnc1)n1nnc2ccc(C(=O)O)cc21. The van der Waals surface area contributed by atoms with Crippen LogP contribution in [0.1, 0.15) is 23.3 Å². The molecule has 0 aliphatic heterocycles. The maximum atomic E-state index is 11.0. The van der Waals surface area contributed by atoms with Crippen LogP contribution in [0.25, 0.3) is 11.0 Å². The number of carboxylic acids is 1. The molecule has 0 spiro atoms. The fourth-order valence-corrected chi connectivity index (χ4v) is 2.17. The summed E-state index contributed by atoms with van der Waals surface area (Å²) in [6.45, 7) is 2.69. The highest BCUT2D eigenvalue weighted by atomic mass is 16.4. The van der Waals surface area contributed by atoms with Crippen LogP contribution in [-0.2, 0) is 6.54 Å². The number of hydrogen-bond acceptors (Lipinski definition) is 4. The van der Waals surface area contributed by atoms with Gasteiger partial charge in [-0.3, -0.25) is 0 Å². The van der Waals surface area contributed by atoms with Crippen LogP contribution in [0.4, 0.5) is 0 Å². The minimum absolute atomic E-state index is 0.0400. The van der Waals surface area contributed by atoms with E-state index in [1.165, 1.54) is 6.07 Å². The van der Waals surface area contributed by atoms with Gasteiger partial charge < -0.3 is 9.67 Å². The molecule has 1 atom stereocenters. The van der Waals surface area contributed by atoms with Crippen molar-refractivity contribution in [3.05, 3.63) is 42.5 Å². The van der Waals surface area contributed by atoms with Gasteiger partial charge in [0.25, 0.3) is 0 Å². The molecule has 102 valence electrons. The van der Waals surface area contributed by atoms with Crippen molar-refractivity contribution in [2.24, 2.45) is 0 Å². The molecular formula is C13H13N5O2. The monoisotopic (exact) mass is 271 g/mol. The second-order valence-corrected chi connectivity index (χ2v) is 4.65. The van der Waals surface area contributed by atoms with E-state index in [4.69, 9.17) is 5.11 Å². The van der Waals surface area contributed by atoms with Crippen LogP contribution >= 0.6 is 0 Å². The van der Waals surface area contributed by atoms with Gasteiger partial charge in [-0.2, -0.15) is 0 Å². The van der Waals surface area contributed by atoms with Crippen molar-refractivity contribution in [2.75, 3.05) is 0 Å². The Morgan fingerprint density at radius 1 is 1.45 bits per heavy atom. The molecule has 3 aromatic rings. The minimum atomic E-state index is -0.957. The van der Waals surface area contributed by atoms with Crippen molar-refractivity contribution < 1.29 is 9.90 Å². The first-order chi connectivity index (χ1) is 9.65. The number of fused-ring (bicyclic) bond motifs is 1. The van der Waals surface area contributed by atoms with Crippen LogP contribution in [0.2, 0.25) is 0 Å². The molecular weight excluding hydrogens is 258 g/mol. The Balaban J connectivity index is 1.98. The van der Waals surface area contributed by atoms with Gasteiger partial charge in [0.05, 0.1) is 23.4 Å². The van der Waals surface area contributed by atoms with Crippen molar-refractivity contribution in [2.45, 2.75) is 19.5 Å². The number of benzene rings is 1. The van der Waals surface area contributed by atoms with Gasteiger partial charge in [-0.05, 0) is 25.1 Å². The lowest BCUT2D eigenvalue weighted by atomic mass is 10.2. The first-order valence-corrected chi connectivity index (χ1v) is 6.19. The zero-order chi connectivity index (χ0) is 14.1. The molecule has 1 unspecified atom stereocenters. The van der Waals surface area contributed by atoms with Crippen molar-refractivity contribution >= 4 is 17.0 Å². The van der Waals surface area contributed by atoms with Gasteiger partial charge in [0.1, 0.15) is 5.52 Å². The number of carbonyl (C=O) groups is 1. The second-order valence-electron chi connectivity index (χ2n) is 4.65. The molecule has 0 fully saturated rings. The lowest BCUT2D eigenvalue weighted by Crippen LogP contribution is -2.13. The normalized spacial score (nSPS) is 12.7. The maximum Gasteiger partial charge on any atom is 0.335 e. The Kier molecular flexibility index (Phi) is 2.94. The summed E-state index contributed by atoms with van der Waals surface area (Å²) in [4.78, 5) is 15.0. The average Bonchev–Trinajstić information content (AvgIpc) is 3.06. The van der Waals surface area contributed by atoms with Crippen LogP contribution < -0.4 is 0 Å². The van der Waals surface area contributed by atoms with E-state index in [0.717, 1.165) is 5.52 Å². The molecule has 3 rings (SSSR count). The predicted octanol–water partition coefficient (Wildman–Crippen LogP) is 1.59. The largest absolute Gasteiger partial charge is 0.478 e. The third kappa shape index (κ3) is 2.13. The van der Waals surface area contributed by atoms with E-state index in [1.54, 1.807) is 29.3 Å². The van der Waals surface area contributed by atoms with Gasteiger partial charge in [-0.1, -0.05) is 5.21 Å². The van der Waals surface area contributed by atoms with E-state index in [0.29, 0.717) is 12.1 Å². The molecule has 0 saturated heterocycles. The molecule has 1 aromatic carbocycles. The third-order valence-corrected chi connectivity index (χ3v) is 3.17. The summed E-state index contributed by atoms with van der Waals surface area (Å²) in [5, 5.41) is 17.2. The number of nitrogens with zero attached hydrogens (tertiary/aromatic N) is 5. The number of carboxylic acid groups (broad SMARTS) is 1. The van der Waals surface area contributed by atoms with E-state index in [-0.39, 0.29) is 11.6 Å². The molecule has 1 N–H and O–H groups in total. The van der Waals surface area contributed by atoms with Crippen molar-refractivity contribution in [3.63, 3.8) is 0 Å². The van der Waals surface area contributed by atoms with Gasteiger partial charge in [-0.25, -0.2) is 14.5 Å². The molecule has 2 aromatic heterocycles. The van der Waals surface area contributed by atoms with E-state index < -0.39 is 5.97 Å². The van der Waals surface area contributed by atoms with E-state index in [9.17, 15) is 4.79 Å². The summed E-state index contributed by atoms with van der Waals surface area (Å²) in [7, 11) is 0. The molecule has 0 radical (unpaired) electrons. The molecule has 0 bridgehead atoms. The Morgan fingerprint density at radius 2 is 2.30 bits per heavy atom. The maximum absolute atomic E-state index is 11.0. The van der Waals surface area contributed by atoms with Gasteiger partial charge in [0.15, 0.2) is 0 Å². The van der Waals surface area contributed by atoms with E-state index >= 15 is 0 Å². The summed E-state index contributed by atoms with van der Waals surface area (Å²) in [5.74, 6) is -0.957. The fourth-order valence-electron chi connectivity index (χ4n) is 2.17. The quantitative estimate of drug-likeness (QED) is 0.778. The first-order valence-electron chi connectivity index (χ1n) is 6.19. The van der Waals surface area contributed by atoms with Crippen LogP contribution in [0.5, 0.6) is 0 Å². The first kappa shape index (κ1) is 12.3. The number of imidazole rings is 1. The number of rotatable bonds is 4. The smallest absolute Gasteiger partial charge is 0.335 e. The van der Waals surface area contributed by atoms with E-state index in [2.05, 4.69) is 15.3 Å². The van der Waals surface area contributed by atoms with Crippen molar-refractivity contribution in [1.82, 2.24) is 24.5 Å². The van der Waals surface area contributed by atoms with Crippen molar-refractivity contribution in [1.29, 1.82) is 0 Å². The van der Waals surface area contributed by atoms with Gasteiger partial charge in [-0.15, -0.1) is 5.10 Å². The highest BCUT2D eigenvalue weighted by Crippen LogP contribution is 2.18. The Labute approximate surface area is 114 Å². The standard InChI is InChI=1S/C13H13N5O2/c1-9(7-17-5-4-14-8-17)18-12-6-10(13(19)20)2-3-11(12)15-16-18/h2-6,8-9H,7H2,1H3,(H,19,20). The van der Waals surface area contributed by atoms with Crippen LogP contribution in [0, 0.1) is 0 Å². The lowest BCUT2D eigenvalue weighted by molar-refractivity contribution is 0.0697. The molecule has 20 heavy (non-hydrogen) atoms. The molecule has 0 amide bonds. The van der Waals surface area contributed by atoms with Gasteiger partial charge in [0.2, 0.25) is 0 Å². The lowest BCUT2D eigenvalue weighted by Gasteiger charge is -2.13. The zero-order valence-corrected chi connectivity index (χ0v) is 10.8. The summed E-state index contributed by atoms with van der Waals surface area (Å²) < 4.78 is 3.68. The Hall–Kier alpha value is -2.70. The summed E-state index contributed by atoms with van der Waals surface area (Å²) >= 11 is 0. The number of aromatic nitrogens is 5. The molecule has 7 heteroatoms. The summed E-state index contributed by atoms with van der Waals surface area (Å²) in [6.07, 6.45) is 5.32. The number of aromatic carboxylic acids is 1. The highest BCUT2D eigenvalue weighted by molar-refractivity contribution is 5.92. The van der Waals surface area contributed by atoms with Gasteiger partial charge in [0, 0.05) is 18.9 Å². The van der Waals surface area contributed by atoms with Gasteiger partial charge >= 0.3 is 5.97 Å². The molecule has 7 nitrogen and oxygen atoms in total. The second kappa shape index (κ2) is 4.76. The zero-order valence-electron chi connectivity index (χ0n) is 10.8. The highest BCUT2D eigenvalue weighted by Gasteiger charge is 2.13. The molecule has 0 saturated carbocycles. The predicted molar refractivity (Wildman–Crippen MR) is 71.4 cm³/mol. The average molecular weight is 271 g/mol. The Bertz CT molecular complexity index is 747. The minimum Gasteiger partial charge on any atom is -0.478 e. The van der Waals surface area contributed by atoms with Crippen LogP contribution in [-0.4, -0.2) is 35.6 Å². The third-order valence-electron chi connectivity index (χ3n) is 3.17. The topological polar surface area (TPSA) is 85.8 Å². The van der Waals surface area contributed by atoms with Crippen LogP contribution in [0.3, 0.4) is 0 Å². The summed E-state index contributed by atoms with van der Waals surface area (Å²) in [6, 6.07) is 4.84. The Morgan fingerprint density at radius 3 is 3.00 bits per heavy atom. The van der Waals surface area contributed by atoms with E-state index in [1.807, 2.05) is 17.7 Å².